The fraction of sp³-hybridized carbons (Fsp3) is 0.571. The van der Waals surface area contributed by atoms with Crippen molar-refractivity contribution in [1.29, 1.82) is 0 Å². The van der Waals surface area contributed by atoms with Crippen LogP contribution < -0.4 is 0 Å². The molecule has 0 amide bonds. The summed E-state index contributed by atoms with van der Waals surface area (Å²) in [5, 5.41) is 0. The van der Waals surface area contributed by atoms with Gasteiger partial charge in [-0.1, -0.05) is 11.6 Å². The third-order valence-electron chi connectivity index (χ3n) is 1.56. The van der Waals surface area contributed by atoms with Crippen molar-refractivity contribution in [3.8, 4) is 0 Å². The zero-order chi connectivity index (χ0) is 12.6. The average Bonchev–Trinajstić information content (AvgIpc) is 2.22. The predicted octanol–water partition coefficient (Wildman–Crippen LogP) is 1.66. The summed E-state index contributed by atoms with van der Waals surface area (Å²) in [5.74, 6) is 0.0519. The molecule has 1 atom stereocenters. The lowest BCUT2D eigenvalue weighted by Gasteiger charge is -2.01. The lowest BCUT2D eigenvalue weighted by atomic mass is 10.4. The highest BCUT2D eigenvalue weighted by Crippen LogP contribution is 2.24. The second-order valence-corrected chi connectivity index (χ2v) is 9.32. The van der Waals surface area contributed by atoms with Gasteiger partial charge in [0.05, 0.1) is 27.4 Å². The third kappa shape index (κ3) is 4.36. The van der Waals surface area contributed by atoms with Crippen LogP contribution in [0.3, 0.4) is 0 Å². The molecule has 1 unspecified atom stereocenters. The lowest BCUT2D eigenvalue weighted by Crippen LogP contribution is -2.05. The first-order valence-corrected chi connectivity index (χ1v) is 9.25. The van der Waals surface area contributed by atoms with Crippen LogP contribution in [0.2, 0.25) is 4.47 Å². The van der Waals surface area contributed by atoms with Crippen LogP contribution in [0.5, 0.6) is 0 Å². The van der Waals surface area contributed by atoms with E-state index in [-0.39, 0.29) is 5.75 Å². The van der Waals surface area contributed by atoms with Crippen LogP contribution in [0, 0.1) is 6.92 Å². The van der Waals surface area contributed by atoms with Crippen molar-refractivity contribution >= 4 is 42.7 Å². The van der Waals surface area contributed by atoms with Crippen molar-refractivity contribution in [2.45, 2.75) is 12.7 Å². The lowest BCUT2D eigenvalue weighted by molar-refractivity contribution is 0.603. The van der Waals surface area contributed by atoms with Crippen molar-refractivity contribution in [1.82, 2.24) is 4.98 Å². The highest BCUT2D eigenvalue weighted by molar-refractivity contribution is 8.02. The molecule has 0 aliphatic rings. The Morgan fingerprint density at radius 3 is 2.31 bits per heavy atom. The van der Waals surface area contributed by atoms with E-state index >= 15 is 0 Å². The molecule has 9 heteroatoms. The molecule has 0 aliphatic carbocycles. The first-order chi connectivity index (χ1) is 7.09. The highest BCUT2D eigenvalue weighted by Gasteiger charge is 2.13. The van der Waals surface area contributed by atoms with Gasteiger partial charge in [-0.2, -0.15) is 0 Å². The van der Waals surface area contributed by atoms with Gasteiger partial charge in [-0.05, 0) is 6.92 Å². The van der Waals surface area contributed by atoms with Gasteiger partial charge in [0.1, 0.15) is 0 Å². The van der Waals surface area contributed by atoms with E-state index in [1.807, 2.05) is 0 Å². The van der Waals surface area contributed by atoms with E-state index in [2.05, 4.69) is 8.75 Å². The predicted molar refractivity (Wildman–Crippen MR) is 66.9 cm³/mol. The largest absolute Gasteiger partial charge is 0.257 e. The molecule has 92 valence electrons. The van der Waals surface area contributed by atoms with Crippen LogP contribution >= 0.6 is 22.9 Å². The molecule has 0 aliphatic heterocycles. The van der Waals surface area contributed by atoms with Gasteiger partial charge < -0.3 is 0 Å². The number of hydrogen-bond donors (Lipinski definition) is 0. The van der Waals surface area contributed by atoms with Crippen molar-refractivity contribution in [2.75, 3.05) is 12.5 Å². The van der Waals surface area contributed by atoms with Crippen LogP contribution in [0.15, 0.2) is 3.77 Å². The van der Waals surface area contributed by atoms with Gasteiger partial charge in [0, 0.05) is 11.1 Å². The highest BCUT2D eigenvalue weighted by atomic mass is 35.5. The summed E-state index contributed by atoms with van der Waals surface area (Å²) < 4.78 is 37.5. The summed E-state index contributed by atoms with van der Waals surface area (Å²) in [6.45, 7) is 1.73. The number of nitrogens with zero attached hydrogens (tertiary/aromatic N) is 2. The van der Waals surface area contributed by atoms with Gasteiger partial charge in [-0.3, -0.25) is 0 Å². The molecule has 0 N–H and O–H groups in total. The summed E-state index contributed by atoms with van der Waals surface area (Å²) in [5.41, 5.74) is 0.660. The summed E-state index contributed by atoms with van der Waals surface area (Å²) in [7, 11) is -6.41. The summed E-state index contributed by atoms with van der Waals surface area (Å²) in [4.78, 5) is 4.66. The summed E-state index contributed by atoms with van der Waals surface area (Å²) in [6, 6.07) is 0. The number of halogens is 1. The van der Waals surface area contributed by atoms with Crippen LogP contribution in [0.1, 0.15) is 10.6 Å². The molecule has 5 nitrogen and oxygen atoms in total. The van der Waals surface area contributed by atoms with Crippen LogP contribution in [0.25, 0.3) is 0 Å². The number of aromatic nitrogens is 1. The van der Waals surface area contributed by atoms with Crippen molar-refractivity contribution in [3.63, 3.8) is 0 Å². The van der Waals surface area contributed by atoms with Gasteiger partial charge in [-0.15, -0.1) is 15.1 Å². The van der Waals surface area contributed by atoms with E-state index in [4.69, 9.17) is 11.6 Å². The summed E-state index contributed by atoms with van der Waals surface area (Å²) >= 11 is 6.88. The topological polar surface area (TPSA) is 76.5 Å². The monoisotopic (exact) mass is 302 g/mol. The van der Waals surface area contributed by atoms with E-state index in [9.17, 15) is 12.6 Å². The average molecular weight is 303 g/mol. The molecule has 0 saturated heterocycles. The quantitative estimate of drug-likeness (QED) is 0.851. The molecule has 1 rings (SSSR count). The Morgan fingerprint density at radius 2 is 1.94 bits per heavy atom. The van der Waals surface area contributed by atoms with E-state index in [0.29, 0.717) is 15.0 Å². The van der Waals surface area contributed by atoms with Crippen LogP contribution in [0.4, 0.5) is 0 Å². The molecule has 16 heavy (non-hydrogen) atoms. The zero-order valence-electron chi connectivity index (χ0n) is 8.93. The Kier molecular flexibility index (Phi) is 3.99. The molecular weight excluding hydrogens is 292 g/mol. The molecule has 0 radical (unpaired) electrons. The number of sulfonamides is 1. The molecule has 0 bridgehead atoms. The molecule has 1 aromatic rings. The standard InChI is InChI=1S/C7H11ClN2O3S3/c1-5-6(14-7(8)9-5)4-15(2,11)10-16(3,12)13/h4H2,1-3H3. The minimum Gasteiger partial charge on any atom is -0.249 e. The van der Waals surface area contributed by atoms with Crippen molar-refractivity contribution in [2.24, 2.45) is 3.77 Å². The van der Waals surface area contributed by atoms with Crippen LogP contribution in [-0.4, -0.2) is 30.1 Å². The smallest absolute Gasteiger partial charge is 0.249 e. The normalized spacial score (nSPS) is 15.8. The van der Waals surface area contributed by atoms with E-state index in [0.717, 1.165) is 6.26 Å². The number of rotatable bonds is 3. The minimum absolute atomic E-state index is 0.0519. The molecule has 0 aromatic carbocycles. The molecule has 1 heterocycles. The Labute approximate surface area is 104 Å². The SMILES string of the molecule is Cc1nc(Cl)sc1CS(C)(=O)=NS(C)(=O)=O. The molecule has 0 fully saturated rings. The fourth-order valence-corrected chi connectivity index (χ4v) is 6.16. The molecular formula is C7H11ClN2O3S3. The summed E-state index contributed by atoms with van der Waals surface area (Å²) in [6.07, 6.45) is 2.23. The maximum Gasteiger partial charge on any atom is 0.257 e. The Hall–Kier alpha value is -0.180. The minimum atomic E-state index is -3.61. The van der Waals surface area contributed by atoms with Crippen molar-refractivity contribution in [3.05, 3.63) is 15.0 Å². The number of aryl methyl sites for hydroxylation is 1. The molecule has 1 aromatic heterocycles. The van der Waals surface area contributed by atoms with E-state index in [1.54, 1.807) is 6.92 Å². The third-order valence-corrected chi connectivity index (χ3v) is 6.17. The first kappa shape index (κ1) is 13.9. The van der Waals surface area contributed by atoms with Gasteiger partial charge in [-0.25, -0.2) is 17.6 Å². The zero-order valence-corrected chi connectivity index (χ0v) is 12.1. The number of thiazole rings is 1. The van der Waals surface area contributed by atoms with Gasteiger partial charge in [0.15, 0.2) is 4.47 Å². The number of hydrogen-bond acceptors (Lipinski definition) is 5. The molecule has 0 spiro atoms. The first-order valence-electron chi connectivity index (χ1n) is 4.12. The fourth-order valence-electron chi connectivity index (χ4n) is 1.08. The van der Waals surface area contributed by atoms with Gasteiger partial charge in [0.2, 0.25) is 0 Å². The maximum atomic E-state index is 11.9. The van der Waals surface area contributed by atoms with Gasteiger partial charge >= 0.3 is 0 Å². The van der Waals surface area contributed by atoms with Gasteiger partial charge in [0.25, 0.3) is 10.0 Å². The van der Waals surface area contributed by atoms with Crippen molar-refractivity contribution < 1.29 is 12.6 Å². The molecule has 0 saturated carbocycles. The van der Waals surface area contributed by atoms with E-state index < -0.39 is 19.8 Å². The Morgan fingerprint density at radius 1 is 1.38 bits per heavy atom. The maximum absolute atomic E-state index is 11.9. The Balaban J connectivity index is 3.12. The Bertz CT molecular complexity index is 611. The van der Waals surface area contributed by atoms with Crippen LogP contribution in [-0.2, 0) is 25.5 Å². The van der Waals surface area contributed by atoms with E-state index in [1.165, 1.54) is 17.6 Å². The second kappa shape index (κ2) is 4.59. The second-order valence-electron chi connectivity index (χ2n) is 3.39.